The summed E-state index contributed by atoms with van der Waals surface area (Å²) in [5.41, 5.74) is 1.80. The van der Waals surface area contributed by atoms with Crippen LogP contribution in [0, 0.1) is 6.92 Å². The number of benzene rings is 4. The van der Waals surface area contributed by atoms with Crippen molar-refractivity contribution < 1.29 is 31.1 Å². The summed E-state index contributed by atoms with van der Waals surface area (Å²) in [5, 5.41) is 2.71. The molecular formula is C28H27N3O7S2. The Hall–Kier alpha value is -4.55. The van der Waals surface area contributed by atoms with Crippen LogP contribution in [0.1, 0.15) is 15.9 Å². The highest BCUT2D eigenvalue weighted by molar-refractivity contribution is 7.93. The van der Waals surface area contributed by atoms with Crippen LogP contribution in [0.4, 0.5) is 17.1 Å². The topological polar surface area (TPSA) is 140 Å². The first-order chi connectivity index (χ1) is 19.0. The Morgan fingerprint density at radius 1 is 0.675 bits per heavy atom. The lowest BCUT2D eigenvalue weighted by molar-refractivity contribution is 0.102. The van der Waals surface area contributed by atoms with Gasteiger partial charge in [0.15, 0.2) is 0 Å². The average molecular weight is 582 g/mol. The molecule has 0 unspecified atom stereocenters. The number of hydrogen-bond donors (Lipinski definition) is 3. The minimum absolute atomic E-state index is 0.0192. The predicted molar refractivity (Wildman–Crippen MR) is 153 cm³/mol. The van der Waals surface area contributed by atoms with E-state index in [9.17, 15) is 21.6 Å². The molecule has 1 amide bonds. The SMILES string of the molecule is COc1ccc(NS(=O)(=O)c2ccc(NC(=O)c3ccc(NS(=O)(=O)c4ccccc4)c(C)c3)cc2)c(OC)c1. The molecule has 0 aliphatic rings. The van der Waals surface area contributed by atoms with Crippen molar-refractivity contribution in [1.82, 2.24) is 0 Å². The number of sulfonamides is 2. The fourth-order valence-corrected chi connectivity index (χ4v) is 5.95. The van der Waals surface area contributed by atoms with Crippen LogP contribution in [0.15, 0.2) is 101 Å². The zero-order valence-electron chi connectivity index (χ0n) is 21.8. The number of carbonyl (C=O) groups is 1. The molecule has 0 aromatic heterocycles. The van der Waals surface area contributed by atoms with Gasteiger partial charge in [0, 0.05) is 17.3 Å². The van der Waals surface area contributed by atoms with E-state index in [4.69, 9.17) is 9.47 Å². The van der Waals surface area contributed by atoms with Crippen molar-refractivity contribution in [3.8, 4) is 11.5 Å². The van der Waals surface area contributed by atoms with E-state index in [-0.39, 0.29) is 15.5 Å². The molecule has 3 N–H and O–H groups in total. The number of methoxy groups -OCH3 is 2. The summed E-state index contributed by atoms with van der Waals surface area (Å²) in [5.74, 6) is 0.358. The largest absolute Gasteiger partial charge is 0.497 e. The number of carbonyl (C=O) groups excluding carboxylic acids is 1. The number of ether oxygens (including phenoxy) is 2. The van der Waals surface area contributed by atoms with Gasteiger partial charge in [-0.1, -0.05) is 18.2 Å². The molecule has 0 aliphatic heterocycles. The van der Waals surface area contributed by atoms with Gasteiger partial charge >= 0.3 is 0 Å². The van der Waals surface area contributed by atoms with Crippen molar-refractivity contribution in [2.45, 2.75) is 16.7 Å². The molecule has 0 fully saturated rings. The highest BCUT2D eigenvalue weighted by Gasteiger charge is 2.18. The molecule has 12 heteroatoms. The third kappa shape index (κ3) is 6.53. The molecule has 0 saturated heterocycles. The van der Waals surface area contributed by atoms with Crippen molar-refractivity contribution in [1.29, 1.82) is 0 Å². The second-order valence-electron chi connectivity index (χ2n) is 8.60. The molecule has 0 atom stereocenters. The predicted octanol–water partition coefficient (Wildman–Crippen LogP) is 4.87. The van der Waals surface area contributed by atoms with Crippen LogP contribution in [-0.4, -0.2) is 37.0 Å². The van der Waals surface area contributed by atoms with Crippen molar-refractivity contribution in [2.24, 2.45) is 0 Å². The van der Waals surface area contributed by atoms with Crippen molar-refractivity contribution in [3.63, 3.8) is 0 Å². The molecule has 0 radical (unpaired) electrons. The second-order valence-corrected chi connectivity index (χ2v) is 12.0. The van der Waals surface area contributed by atoms with Gasteiger partial charge in [0.05, 0.1) is 35.4 Å². The summed E-state index contributed by atoms with van der Waals surface area (Å²) in [6, 6.07) is 22.9. The zero-order chi connectivity index (χ0) is 28.9. The van der Waals surface area contributed by atoms with Gasteiger partial charge in [-0.05, 0) is 79.2 Å². The monoisotopic (exact) mass is 581 g/mol. The third-order valence-electron chi connectivity index (χ3n) is 5.86. The Morgan fingerprint density at radius 3 is 1.88 bits per heavy atom. The first-order valence-electron chi connectivity index (χ1n) is 11.9. The van der Waals surface area contributed by atoms with Gasteiger partial charge in [-0.3, -0.25) is 14.2 Å². The Morgan fingerprint density at radius 2 is 1.27 bits per heavy atom. The van der Waals surface area contributed by atoms with Gasteiger partial charge in [-0.25, -0.2) is 16.8 Å². The molecule has 0 aliphatic carbocycles. The van der Waals surface area contributed by atoms with Gasteiger partial charge in [-0.2, -0.15) is 0 Å². The van der Waals surface area contributed by atoms with Crippen LogP contribution in [0.2, 0.25) is 0 Å². The first-order valence-corrected chi connectivity index (χ1v) is 14.8. The zero-order valence-corrected chi connectivity index (χ0v) is 23.5. The lowest BCUT2D eigenvalue weighted by atomic mass is 10.1. The van der Waals surface area contributed by atoms with Crippen molar-refractivity contribution in [2.75, 3.05) is 29.0 Å². The molecular weight excluding hydrogens is 554 g/mol. The average Bonchev–Trinajstić information content (AvgIpc) is 2.95. The van der Waals surface area contributed by atoms with E-state index in [2.05, 4.69) is 14.8 Å². The Labute approximate surface area is 233 Å². The molecule has 40 heavy (non-hydrogen) atoms. The van der Waals surface area contributed by atoms with E-state index < -0.39 is 26.0 Å². The van der Waals surface area contributed by atoms with Gasteiger partial charge in [0.1, 0.15) is 11.5 Å². The molecule has 0 saturated carbocycles. The van der Waals surface area contributed by atoms with E-state index in [0.717, 1.165) is 0 Å². The van der Waals surface area contributed by atoms with Gasteiger partial charge in [-0.15, -0.1) is 0 Å². The highest BCUT2D eigenvalue weighted by atomic mass is 32.2. The number of aryl methyl sites for hydroxylation is 1. The summed E-state index contributed by atoms with van der Waals surface area (Å²) in [7, 11) is -4.82. The minimum Gasteiger partial charge on any atom is -0.497 e. The fraction of sp³-hybridized carbons (Fsp3) is 0.107. The van der Waals surface area contributed by atoms with Crippen LogP contribution in [0.25, 0.3) is 0 Å². The Bertz CT molecular complexity index is 1740. The third-order valence-corrected chi connectivity index (χ3v) is 8.62. The summed E-state index contributed by atoms with van der Waals surface area (Å²) in [6.07, 6.45) is 0. The maximum absolute atomic E-state index is 12.9. The standard InChI is InChI=1S/C28H27N3O7S2/c1-19-17-20(9-15-25(19)30-39(33,34)23-7-5-4-6-8-23)28(32)29-21-10-13-24(14-11-21)40(35,36)31-26-16-12-22(37-2)18-27(26)38-3/h4-18,30-31H,1-3H3,(H,29,32). The summed E-state index contributed by atoms with van der Waals surface area (Å²) in [4.78, 5) is 12.9. The highest BCUT2D eigenvalue weighted by Crippen LogP contribution is 2.31. The number of hydrogen-bond acceptors (Lipinski definition) is 7. The number of amides is 1. The number of anilines is 3. The molecule has 10 nitrogen and oxygen atoms in total. The number of nitrogens with one attached hydrogen (secondary N) is 3. The lowest BCUT2D eigenvalue weighted by Crippen LogP contribution is -2.16. The first kappa shape index (κ1) is 28.5. The smallest absolute Gasteiger partial charge is 0.262 e. The lowest BCUT2D eigenvalue weighted by Gasteiger charge is -2.14. The van der Waals surface area contributed by atoms with Gasteiger partial charge < -0.3 is 14.8 Å². The summed E-state index contributed by atoms with van der Waals surface area (Å²) in [6.45, 7) is 1.68. The molecule has 0 spiro atoms. The summed E-state index contributed by atoms with van der Waals surface area (Å²) < 4.78 is 66.5. The molecule has 208 valence electrons. The maximum atomic E-state index is 12.9. The van der Waals surface area contributed by atoms with E-state index in [1.807, 2.05) is 0 Å². The van der Waals surface area contributed by atoms with Crippen molar-refractivity contribution >= 4 is 43.0 Å². The Kier molecular flexibility index (Phi) is 8.31. The molecule has 4 aromatic carbocycles. The van der Waals surface area contributed by atoms with Crippen molar-refractivity contribution in [3.05, 3.63) is 102 Å². The van der Waals surface area contributed by atoms with E-state index in [1.54, 1.807) is 43.3 Å². The fourth-order valence-electron chi connectivity index (χ4n) is 3.73. The van der Waals surface area contributed by atoms with E-state index in [1.165, 1.54) is 68.8 Å². The maximum Gasteiger partial charge on any atom is 0.262 e. The Balaban J connectivity index is 1.44. The quantitative estimate of drug-likeness (QED) is 0.243. The van der Waals surface area contributed by atoms with Crippen LogP contribution in [0.5, 0.6) is 11.5 Å². The molecule has 4 rings (SSSR count). The van der Waals surface area contributed by atoms with Gasteiger partial charge in [0.25, 0.3) is 26.0 Å². The molecule has 0 heterocycles. The second kappa shape index (κ2) is 11.7. The number of rotatable bonds is 10. The molecule has 4 aromatic rings. The van der Waals surface area contributed by atoms with Crippen LogP contribution >= 0.6 is 0 Å². The summed E-state index contributed by atoms with van der Waals surface area (Å²) >= 11 is 0. The van der Waals surface area contributed by atoms with E-state index in [0.29, 0.717) is 34.0 Å². The van der Waals surface area contributed by atoms with Crippen LogP contribution in [0.3, 0.4) is 0 Å². The molecule has 0 bridgehead atoms. The minimum atomic E-state index is -3.95. The van der Waals surface area contributed by atoms with Crippen LogP contribution < -0.4 is 24.2 Å². The van der Waals surface area contributed by atoms with Crippen LogP contribution in [-0.2, 0) is 20.0 Å². The van der Waals surface area contributed by atoms with E-state index >= 15 is 0 Å². The normalized spacial score (nSPS) is 11.4. The van der Waals surface area contributed by atoms with Gasteiger partial charge in [0.2, 0.25) is 0 Å².